The fourth-order valence-electron chi connectivity index (χ4n) is 2.19. The van der Waals surface area contributed by atoms with Crippen LogP contribution in [0.15, 0.2) is 18.2 Å². The Morgan fingerprint density at radius 2 is 1.76 bits per heavy atom. The largest absolute Gasteiger partial charge is 0.387 e. The molecular weight excluding hydrogens is 210 g/mol. The number of hydrogen-bond acceptors (Lipinski definition) is 2. The van der Waals surface area contributed by atoms with Crippen LogP contribution < -0.4 is 5.32 Å². The maximum absolute atomic E-state index is 10.4. The summed E-state index contributed by atoms with van der Waals surface area (Å²) in [6, 6.07) is 6.23. The zero-order valence-electron chi connectivity index (χ0n) is 11.8. The van der Waals surface area contributed by atoms with Crippen LogP contribution in [0.1, 0.15) is 50.5 Å². The Labute approximate surface area is 105 Å². The number of aryl methyl sites for hydroxylation is 2. The van der Waals surface area contributed by atoms with E-state index in [2.05, 4.69) is 52.1 Å². The van der Waals surface area contributed by atoms with Crippen LogP contribution in [0.5, 0.6) is 0 Å². The lowest BCUT2D eigenvalue weighted by molar-refractivity contribution is 0.121. The minimum absolute atomic E-state index is 0.0129. The van der Waals surface area contributed by atoms with Crippen molar-refractivity contribution in [1.29, 1.82) is 0 Å². The molecule has 0 amide bonds. The number of rotatable bonds is 3. The monoisotopic (exact) mass is 235 g/mol. The zero-order chi connectivity index (χ0) is 13.2. The van der Waals surface area contributed by atoms with E-state index in [-0.39, 0.29) is 11.6 Å². The maximum atomic E-state index is 10.4. The van der Waals surface area contributed by atoms with Gasteiger partial charge in [0.1, 0.15) is 0 Å². The molecule has 2 atom stereocenters. The summed E-state index contributed by atoms with van der Waals surface area (Å²) in [4.78, 5) is 0. The molecule has 1 rings (SSSR count). The third-order valence-electron chi connectivity index (χ3n) is 2.88. The highest BCUT2D eigenvalue weighted by Crippen LogP contribution is 2.22. The summed E-state index contributed by atoms with van der Waals surface area (Å²) in [7, 11) is 0. The number of hydrogen-bond donors (Lipinski definition) is 2. The minimum Gasteiger partial charge on any atom is -0.387 e. The smallest absolute Gasteiger partial charge is 0.0942 e. The van der Waals surface area contributed by atoms with Gasteiger partial charge in [-0.2, -0.15) is 0 Å². The molecule has 0 aliphatic carbocycles. The van der Waals surface area contributed by atoms with Crippen LogP contribution in [0, 0.1) is 13.8 Å². The number of nitrogens with one attached hydrogen (secondary N) is 1. The first-order chi connectivity index (χ1) is 7.70. The topological polar surface area (TPSA) is 32.3 Å². The highest BCUT2D eigenvalue weighted by molar-refractivity contribution is 5.32. The third kappa shape index (κ3) is 4.14. The molecule has 0 heterocycles. The van der Waals surface area contributed by atoms with E-state index in [0.717, 1.165) is 11.1 Å². The Morgan fingerprint density at radius 3 is 2.24 bits per heavy atom. The molecule has 0 aliphatic heterocycles. The lowest BCUT2D eigenvalue weighted by Gasteiger charge is -2.30. The number of aliphatic hydroxyl groups excluding tert-OH is 1. The second kappa shape index (κ2) is 5.19. The van der Waals surface area contributed by atoms with Gasteiger partial charge >= 0.3 is 0 Å². The van der Waals surface area contributed by atoms with Crippen molar-refractivity contribution in [1.82, 2.24) is 5.32 Å². The fraction of sp³-hybridized carbons (Fsp3) is 0.600. The molecule has 0 radical (unpaired) electrons. The van der Waals surface area contributed by atoms with Gasteiger partial charge in [-0.1, -0.05) is 23.8 Å². The van der Waals surface area contributed by atoms with Crippen molar-refractivity contribution in [2.24, 2.45) is 0 Å². The summed E-state index contributed by atoms with van der Waals surface area (Å²) in [6.45, 7) is 12.5. The zero-order valence-corrected chi connectivity index (χ0v) is 11.8. The summed E-state index contributed by atoms with van der Waals surface area (Å²) in [5.74, 6) is 0. The number of aliphatic hydroxyl groups is 1. The quantitative estimate of drug-likeness (QED) is 0.843. The normalized spacial score (nSPS) is 15.7. The van der Waals surface area contributed by atoms with Gasteiger partial charge in [-0.3, -0.25) is 0 Å². The van der Waals surface area contributed by atoms with Crippen LogP contribution >= 0.6 is 0 Å². The van der Waals surface area contributed by atoms with Crippen molar-refractivity contribution in [2.75, 3.05) is 0 Å². The van der Waals surface area contributed by atoms with Gasteiger partial charge in [-0.25, -0.2) is 0 Å². The molecule has 2 nitrogen and oxygen atoms in total. The molecule has 0 aromatic heterocycles. The molecule has 96 valence electrons. The van der Waals surface area contributed by atoms with E-state index in [1.165, 1.54) is 5.56 Å². The maximum Gasteiger partial charge on any atom is 0.0942 e. The molecule has 0 spiro atoms. The second-order valence-corrected chi connectivity index (χ2v) is 5.99. The van der Waals surface area contributed by atoms with Crippen LogP contribution in [0.2, 0.25) is 0 Å². The first kappa shape index (κ1) is 14.2. The van der Waals surface area contributed by atoms with E-state index >= 15 is 0 Å². The van der Waals surface area contributed by atoms with E-state index in [4.69, 9.17) is 0 Å². The summed E-state index contributed by atoms with van der Waals surface area (Å²) in [5, 5.41) is 13.8. The van der Waals surface area contributed by atoms with Crippen LogP contribution in [0.3, 0.4) is 0 Å². The lowest BCUT2D eigenvalue weighted by Crippen LogP contribution is -2.45. The van der Waals surface area contributed by atoms with Gasteiger partial charge in [0.25, 0.3) is 0 Å². The summed E-state index contributed by atoms with van der Waals surface area (Å²) >= 11 is 0. The molecule has 0 aliphatic rings. The second-order valence-electron chi connectivity index (χ2n) is 5.99. The van der Waals surface area contributed by atoms with Crippen LogP contribution in [0.4, 0.5) is 0 Å². The van der Waals surface area contributed by atoms with Crippen LogP contribution in [0.25, 0.3) is 0 Å². The lowest BCUT2D eigenvalue weighted by atomic mass is 9.95. The summed E-state index contributed by atoms with van der Waals surface area (Å²) in [5.41, 5.74) is 3.41. The van der Waals surface area contributed by atoms with Crippen LogP contribution in [-0.2, 0) is 0 Å². The van der Waals surface area contributed by atoms with Crippen molar-refractivity contribution >= 4 is 0 Å². The molecule has 2 unspecified atom stereocenters. The molecule has 17 heavy (non-hydrogen) atoms. The predicted octanol–water partition coefficient (Wildman–Crippen LogP) is 3.11. The number of benzene rings is 1. The van der Waals surface area contributed by atoms with Crippen molar-refractivity contribution < 1.29 is 5.11 Å². The van der Waals surface area contributed by atoms with Crippen LogP contribution in [-0.4, -0.2) is 16.7 Å². The SMILES string of the molecule is Cc1ccc(C(O)C(C)NC(C)(C)C)c(C)c1. The van der Waals surface area contributed by atoms with Gasteiger partial charge in [-0.05, 0) is 52.7 Å². The Hall–Kier alpha value is -0.860. The summed E-state index contributed by atoms with van der Waals surface area (Å²) < 4.78 is 0. The van der Waals surface area contributed by atoms with E-state index in [1.807, 2.05) is 13.0 Å². The van der Waals surface area contributed by atoms with Gasteiger partial charge in [0.05, 0.1) is 6.10 Å². The van der Waals surface area contributed by atoms with Crippen molar-refractivity contribution in [2.45, 2.75) is 59.2 Å². The third-order valence-corrected chi connectivity index (χ3v) is 2.88. The average molecular weight is 235 g/mol. The molecule has 2 heteroatoms. The van der Waals surface area contributed by atoms with E-state index in [1.54, 1.807) is 0 Å². The van der Waals surface area contributed by atoms with E-state index < -0.39 is 6.10 Å². The predicted molar refractivity (Wildman–Crippen MR) is 73.2 cm³/mol. The molecule has 1 aromatic rings. The van der Waals surface area contributed by atoms with E-state index in [0.29, 0.717) is 0 Å². The molecular formula is C15H25NO. The first-order valence-electron chi connectivity index (χ1n) is 6.23. The molecule has 0 saturated heterocycles. The molecule has 0 fully saturated rings. The Bertz CT molecular complexity index is 379. The molecule has 1 aromatic carbocycles. The minimum atomic E-state index is -0.463. The van der Waals surface area contributed by atoms with Gasteiger partial charge in [-0.15, -0.1) is 0 Å². The highest BCUT2D eigenvalue weighted by Gasteiger charge is 2.22. The van der Waals surface area contributed by atoms with Crippen molar-refractivity contribution in [3.63, 3.8) is 0 Å². The van der Waals surface area contributed by atoms with Crippen molar-refractivity contribution in [3.05, 3.63) is 34.9 Å². The Balaban J connectivity index is 2.85. The highest BCUT2D eigenvalue weighted by atomic mass is 16.3. The van der Waals surface area contributed by atoms with Gasteiger partial charge in [0.2, 0.25) is 0 Å². The standard InChI is InChI=1S/C15H25NO/c1-10-7-8-13(11(2)9-10)14(17)12(3)16-15(4,5)6/h7-9,12,14,16-17H,1-6H3. The summed E-state index contributed by atoms with van der Waals surface area (Å²) in [6.07, 6.45) is -0.463. The molecule has 2 N–H and O–H groups in total. The Kier molecular flexibility index (Phi) is 4.34. The fourth-order valence-corrected chi connectivity index (χ4v) is 2.19. The average Bonchev–Trinajstić information content (AvgIpc) is 2.14. The molecule has 0 bridgehead atoms. The molecule has 0 saturated carbocycles. The van der Waals surface area contributed by atoms with Crippen molar-refractivity contribution in [3.8, 4) is 0 Å². The van der Waals surface area contributed by atoms with E-state index in [9.17, 15) is 5.11 Å². The van der Waals surface area contributed by atoms with Gasteiger partial charge in [0.15, 0.2) is 0 Å². The van der Waals surface area contributed by atoms with Gasteiger partial charge in [0, 0.05) is 11.6 Å². The van der Waals surface area contributed by atoms with Gasteiger partial charge < -0.3 is 10.4 Å². The Morgan fingerprint density at radius 1 is 1.18 bits per heavy atom. The first-order valence-corrected chi connectivity index (χ1v) is 6.23.